The molecule has 0 amide bonds. The Labute approximate surface area is 105 Å². The van der Waals surface area contributed by atoms with Crippen molar-refractivity contribution in [1.82, 2.24) is 0 Å². The molecule has 2 heterocycles. The summed E-state index contributed by atoms with van der Waals surface area (Å²) in [7, 11) is 0. The molecule has 0 radical (unpaired) electrons. The van der Waals surface area contributed by atoms with Crippen molar-refractivity contribution < 1.29 is 4.57 Å². The van der Waals surface area contributed by atoms with Gasteiger partial charge in [0.05, 0.1) is 0 Å². The lowest BCUT2D eigenvalue weighted by Gasteiger charge is -1.97. The highest BCUT2D eigenvalue weighted by molar-refractivity contribution is 7.17. The predicted molar refractivity (Wildman–Crippen MR) is 72.2 cm³/mol. The summed E-state index contributed by atoms with van der Waals surface area (Å²) in [5, 5.41) is 3.70. The van der Waals surface area contributed by atoms with Gasteiger partial charge in [0.25, 0.3) is 0 Å². The van der Waals surface area contributed by atoms with Crippen LogP contribution in [0.2, 0.25) is 0 Å². The molecule has 0 aliphatic rings. The van der Waals surface area contributed by atoms with Gasteiger partial charge in [-0.05, 0) is 22.4 Å². The average molecular weight is 240 g/mol. The Balaban J connectivity index is 1.82. The van der Waals surface area contributed by atoms with Crippen LogP contribution in [0.3, 0.4) is 0 Å². The molecule has 0 spiro atoms. The average Bonchev–Trinajstić information content (AvgIpc) is 2.81. The molecule has 3 rings (SSSR count). The third-order valence-electron chi connectivity index (χ3n) is 2.98. The number of aryl methyl sites for hydroxylation is 2. The normalized spacial score (nSPS) is 10.8. The highest BCUT2D eigenvalue weighted by Crippen LogP contribution is 2.25. The summed E-state index contributed by atoms with van der Waals surface area (Å²) in [5.41, 5.74) is 1.46. The maximum absolute atomic E-state index is 2.29. The van der Waals surface area contributed by atoms with Gasteiger partial charge in [-0.25, -0.2) is 4.57 Å². The second-order valence-corrected chi connectivity index (χ2v) is 5.03. The number of benzene rings is 1. The molecule has 0 aliphatic carbocycles. The quantitative estimate of drug-likeness (QED) is 0.618. The first-order valence-corrected chi connectivity index (χ1v) is 6.71. The molecule has 0 atom stereocenters. The van der Waals surface area contributed by atoms with Crippen LogP contribution in [0.25, 0.3) is 10.1 Å². The summed E-state index contributed by atoms with van der Waals surface area (Å²) >= 11 is 1.84. The second-order valence-electron chi connectivity index (χ2n) is 4.12. The van der Waals surface area contributed by atoms with E-state index in [-0.39, 0.29) is 0 Å². The van der Waals surface area contributed by atoms with Crippen LogP contribution >= 0.6 is 11.3 Å². The number of thiophene rings is 1. The summed E-state index contributed by atoms with van der Waals surface area (Å²) in [6.45, 7) is 1.04. The number of hydrogen-bond acceptors (Lipinski definition) is 1. The van der Waals surface area contributed by atoms with Gasteiger partial charge in [0, 0.05) is 23.3 Å². The fourth-order valence-electron chi connectivity index (χ4n) is 2.06. The lowest BCUT2D eigenvalue weighted by atomic mass is 10.1. The van der Waals surface area contributed by atoms with Gasteiger partial charge in [0.1, 0.15) is 0 Å². The van der Waals surface area contributed by atoms with E-state index in [4.69, 9.17) is 0 Å². The van der Waals surface area contributed by atoms with Crippen molar-refractivity contribution >= 4 is 21.4 Å². The molecular weight excluding hydrogens is 226 g/mol. The van der Waals surface area contributed by atoms with E-state index in [9.17, 15) is 0 Å². The maximum Gasteiger partial charge on any atom is 0.168 e. The Morgan fingerprint density at radius 2 is 1.76 bits per heavy atom. The summed E-state index contributed by atoms with van der Waals surface area (Å²) < 4.78 is 3.62. The molecule has 1 nitrogen and oxygen atoms in total. The fourth-order valence-corrected chi connectivity index (χ4v) is 3.06. The zero-order chi connectivity index (χ0) is 11.5. The molecule has 2 aromatic heterocycles. The van der Waals surface area contributed by atoms with Crippen molar-refractivity contribution in [3.05, 3.63) is 65.8 Å². The van der Waals surface area contributed by atoms with Crippen LogP contribution in [0.5, 0.6) is 0 Å². The molecule has 0 bridgehead atoms. The summed E-state index contributed by atoms with van der Waals surface area (Å²) in [5.74, 6) is 0. The number of pyridine rings is 1. The minimum absolute atomic E-state index is 1.04. The molecule has 0 fully saturated rings. The van der Waals surface area contributed by atoms with Crippen molar-refractivity contribution in [2.45, 2.75) is 13.0 Å². The van der Waals surface area contributed by atoms with Gasteiger partial charge in [-0.2, -0.15) is 0 Å². The molecule has 0 saturated heterocycles. The zero-order valence-corrected chi connectivity index (χ0v) is 10.4. The van der Waals surface area contributed by atoms with E-state index in [1.807, 2.05) is 11.3 Å². The minimum atomic E-state index is 1.04. The predicted octanol–water partition coefficient (Wildman–Crippen LogP) is 3.43. The second kappa shape index (κ2) is 4.68. The number of rotatable bonds is 3. The van der Waals surface area contributed by atoms with E-state index in [0.29, 0.717) is 0 Å². The van der Waals surface area contributed by atoms with Crippen molar-refractivity contribution in [1.29, 1.82) is 0 Å². The molecule has 0 unspecified atom stereocenters. The van der Waals surface area contributed by atoms with Crippen LogP contribution in [-0.2, 0) is 13.0 Å². The number of fused-ring (bicyclic) bond motifs is 1. The van der Waals surface area contributed by atoms with Gasteiger partial charge >= 0.3 is 0 Å². The standard InChI is InChI=1S/C15H14NS/c1-4-9-16(10-5-1)11-8-13-12-17-15-7-3-2-6-14(13)15/h1-7,9-10,12H,8,11H2/q+1. The number of hydrogen-bond donors (Lipinski definition) is 0. The van der Waals surface area contributed by atoms with Crippen LogP contribution in [0.4, 0.5) is 0 Å². The Hall–Kier alpha value is -1.67. The first-order chi connectivity index (χ1) is 8.43. The van der Waals surface area contributed by atoms with Crippen LogP contribution < -0.4 is 4.57 Å². The summed E-state index contributed by atoms with van der Waals surface area (Å²) in [4.78, 5) is 0. The summed E-state index contributed by atoms with van der Waals surface area (Å²) in [6.07, 6.45) is 5.34. The zero-order valence-electron chi connectivity index (χ0n) is 9.54. The first kappa shape index (κ1) is 10.5. The topological polar surface area (TPSA) is 3.88 Å². The van der Waals surface area contributed by atoms with E-state index in [1.54, 1.807) is 0 Å². The van der Waals surface area contributed by atoms with Crippen LogP contribution in [0.15, 0.2) is 60.2 Å². The Morgan fingerprint density at radius 1 is 0.941 bits per heavy atom. The highest BCUT2D eigenvalue weighted by Gasteiger charge is 2.05. The van der Waals surface area contributed by atoms with Crippen LogP contribution in [-0.4, -0.2) is 0 Å². The number of aromatic nitrogens is 1. The van der Waals surface area contributed by atoms with E-state index in [1.165, 1.54) is 15.6 Å². The smallest absolute Gasteiger partial charge is 0.168 e. The third-order valence-corrected chi connectivity index (χ3v) is 3.99. The third kappa shape index (κ3) is 2.22. The Bertz CT molecular complexity index is 613. The molecule has 84 valence electrons. The molecule has 2 heteroatoms. The molecule has 0 N–H and O–H groups in total. The molecular formula is C15H14NS+. The van der Waals surface area contributed by atoms with Crippen molar-refractivity contribution in [2.75, 3.05) is 0 Å². The number of nitrogens with zero attached hydrogens (tertiary/aromatic N) is 1. The first-order valence-electron chi connectivity index (χ1n) is 5.83. The van der Waals surface area contributed by atoms with Gasteiger partial charge < -0.3 is 0 Å². The van der Waals surface area contributed by atoms with E-state index in [0.717, 1.165) is 13.0 Å². The van der Waals surface area contributed by atoms with E-state index < -0.39 is 0 Å². The van der Waals surface area contributed by atoms with E-state index in [2.05, 4.69) is 64.8 Å². The van der Waals surface area contributed by atoms with Crippen LogP contribution in [0, 0.1) is 0 Å². The van der Waals surface area contributed by atoms with Crippen molar-refractivity contribution in [2.24, 2.45) is 0 Å². The monoisotopic (exact) mass is 240 g/mol. The van der Waals surface area contributed by atoms with Gasteiger partial charge in [0.2, 0.25) is 0 Å². The largest absolute Gasteiger partial charge is 0.205 e. The fraction of sp³-hybridized carbons (Fsp3) is 0.133. The van der Waals surface area contributed by atoms with Gasteiger partial charge in [-0.1, -0.05) is 24.3 Å². The van der Waals surface area contributed by atoms with Crippen molar-refractivity contribution in [3.8, 4) is 0 Å². The van der Waals surface area contributed by atoms with Crippen LogP contribution in [0.1, 0.15) is 5.56 Å². The van der Waals surface area contributed by atoms with Gasteiger partial charge in [0.15, 0.2) is 18.9 Å². The highest BCUT2D eigenvalue weighted by atomic mass is 32.1. The Kier molecular flexibility index (Phi) is 2.88. The summed E-state index contributed by atoms with van der Waals surface area (Å²) in [6, 6.07) is 14.8. The molecule has 17 heavy (non-hydrogen) atoms. The molecule has 3 aromatic rings. The molecule has 0 aliphatic heterocycles. The molecule has 0 saturated carbocycles. The van der Waals surface area contributed by atoms with Gasteiger partial charge in [-0.15, -0.1) is 11.3 Å². The minimum Gasteiger partial charge on any atom is -0.205 e. The lowest BCUT2D eigenvalue weighted by molar-refractivity contribution is -0.696. The molecule has 1 aromatic carbocycles. The van der Waals surface area contributed by atoms with Crippen molar-refractivity contribution in [3.63, 3.8) is 0 Å². The van der Waals surface area contributed by atoms with E-state index >= 15 is 0 Å². The lowest BCUT2D eigenvalue weighted by Crippen LogP contribution is -2.33. The van der Waals surface area contributed by atoms with Gasteiger partial charge in [-0.3, -0.25) is 0 Å². The Morgan fingerprint density at radius 3 is 2.65 bits per heavy atom. The SMILES string of the molecule is c1cc[n+](CCc2csc3ccccc23)cc1. The maximum atomic E-state index is 2.29.